The summed E-state index contributed by atoms with van der Waals surface area (Å²) in [5.74, 6) is 0.921. The Labute approximate surface area is 155 Å². The van der Waals surface area contributed by atoms with Crippen molar-refractivity contribution in [2.75, 3.05) is 0 Å². The number of unbranched alkanes of at least 4 members (excludes halogenated alkanes) is 3. The van der Waals surface area contributed by atoms with E-state index in [4.69, 9.17) is 0 Å². The molecule has 25 heavy (non-hydrogen) atoms. The molecule has 0 aliphatic rings. The Morgan fingerprint density at radius 1 is 0.560 bits per heavy atom. The van der Waals surface area contributed by atoms with Crippen molar-refractivity contribution in [1.82, 2.24) is 0 Å². The third-order valence-electron chi connectivity index (χ3n) is 5.31. The van der Waals surface area contributed by atoms with Crippen molar-refractivity contribution in [2.24, 2.45) is 5.92 Å². The van der Waals surface area contributed by atoms with Gasteiger partial charge in [-0.2, -0.15) is 0 Å². The molecular formula is C25H36. The second-order valence-electron chi connectivity index (χ2n) is 7.47. The average Bonchev–Trinajstić information content (AvgIpc) is 2.66. The topological polar surface area (TPSA) is 0 Å². The molecule has 2 rings (SSSR count). The number of rotatable bonds is 13. The van der Waals surface area contributed by atoms with Crippen LogP contribution in [-0.4, -0.2) is 0 Å². The van der Waals surface area contributed by atoms with Gasteiger partial charge in [-0.1, -0.05) is 113 Å². The molecule has 2 aromatic carbocycles. The maximum absolute atomic E-state index is 2.30. The van der Waals surface area contributed by atoms with E-state index in [0.29, 0.717) is 0 Å². The molecular weight excluding hydrogens is 300 g/mol. The lowest BCUT2D eigenvalue weighted by Crippen LogP contribution is -2.03. The minimum atomic E-state index is 0.921. The molecule has 0 aliphatic heterocycles. The summed E-state index contributed by atoms with van der Waals surface area (Å²) in [6, 6.07) is 22.0. The number of benzene rings is 2. The van der Waals surface area contributed by atoms with Gasteiger partial charge in [-0.15, -0.1) is 0 Å². The zero-order valence-electron chi connectivity index (χ0n) is 16.1. The predicted molar refractivity (Wildman–Crippen MR) is 111 cm³/mol. The van der Waals surface area contributed by atoms with Gasteiger partial charge in [0.1, 0.15) is 0 Å². The second kappa shape index (κ2) is 12.8. The Hall–Kier alpha value is -1.56. The van der Waals surface area contributed by atoms with E-state index in [0.717, 1.165) is 5.92 Å². The van der Waals surface area contributed by atoms with Crippen molar-refractivity contribution in [3.05, 3.63) is 71.8 Å². The summed E-state index contributed by atoms with van der Waals surface area (Å²) in [5.41, 5.74) is 2.99. The molecule has 0 amide bonds. The molecule has 0 atom stereocenters. The Balaban J connectivity index is 1.71. The quantitative estimate of drug-likeness (QED) is 0.330. The number of hydrogen-bond donors (Lipinski definition) is 0. The summed E-state index contributed by atoms with van der Waals surface area (Å²) in [6.45, 7) is 2.30. The number of aryl methyl sites for hydroxylation is 2. The van der Waals surface area contributed by atoms with Gasteiger partial charge in [-0.05, 0) is 42.7 Å². The Kier molecular flexibility index (Phi) is 10.1. The normalized spacial score (nSPS) is 11.1. The van der Waals surface area contributed by atoms with Crippen LogP contribution in [0.25, 0.3) is 0 Å². The van der Waals surface area contributed by atoms with Crippen LogP contribution in [0, 0.1) is 5.92 Å². The Morgan fingerprint density at radius 3 is 1.52 bits per heavy atom. The van der Waals surface area contributed by atoms with Crippen LogP contribution >= 0.6 is 0 Å². The minimum Gasteiger partial charge on any atom is -0.0654 e. The lowest BCUT2D eigenvalue weighted by molar-refractivity contribution is 0.380. The van der Waals surface area contributed by atoms with Crippen molar-refractivity contribution in [3.8, 4) is 0 Å². The van der Waals surface area contributed by atoms with Crippen molar-refractivity contribution < 1.29 is 0 Å². The molecule has 0 aliphatic carbocycles. The molecule has 0 heterocycles. The van der Waals surface area contributed by atoms with Crippen LogP contribution < -0.4 is 0 Å². The van der Waals surface area contributed by atoms with E-state index in [1.54, 1.807) is 0 Å². The highest BCUT2D eigenvalue weighted by atomic mass is 14.1. The summed E-state index contributed by atoms with van der Waals surface area (Å²) < 4.78 is 0. The first-order valence-corrected chi connectivity index (χ1v) is 10.5. The molecule has 0 unspecified atom stereocenters. The first kappa shape index (κ1) is 19.8. The summed E-state index contributed by atoms with van der Waals surface area (Å²) in [7, 11) is 0. The monoisotopic (exact) mass is 336 g/mol. The van der Waals surface area contributed by atoms with Gasteiger partial charge >= 0.3 is 0 Å². The van der Waals surface area contributed by atoms with Gasteiger partial charge < -0.3 is 0 Å². The minimum absolute atomic E-state index is 0.921. The molecule has 0 bridgehead atoms. The zero-order valence-corrected chi connectivity index (χ0v) is 16.1. The molecule has 0 saturated heterocycles. The lowest BCUT2D eigenvalue weighted by Gasteiger charge is -2.17. The highest BCUT2D eigenvalue weighted by Gasteiger charge is 2.09. The van der Waals surface area contributed by atoms with Gasteiger partial charge in [0.25, 0.3) is 0 Å². The lowest BCUT2D eigenvalue weighted by atomic mass is 9.89. The molecule has 0 N–H and O–H groups in total. The molecule has 0 nitrogen and oxygen atoms in total. The van der Waals surface area contributed by atoms with Crippen molar-refractivity contribution >= 4 is 0 Å². The van der Waals surface area contributed by atoms with Crippen molar-refractivity contribution in [2.45, 2.75) is 77.6 Å². The summed E-state index contributed by atoms with van der Waals surface area (Å²) in [4.78, 5) is 0. The fourth-order valence-corrected chi connectivity index (χ4v) is 3.77. The van der Waals surface area contributed by atoms with E-state index in [1.165, 1.54) is 81.8 Å². The highest BCUT2D eigenvalue weighted by Crippen LogP contribution is 2.23. The van der Waals surface area contributed by atoms with Crippen LogP contribution in [0.1, 0.15) is 75.8 Å². The smallest absolute Gasteiger partial charge is 0.0279 e. The maximum atomic E-state index is 2.30. The SMILES string of the molecule is CCCCCCC(CCCc1ccccc1)CCCc1ccccc1. The van der Waals surface area contributed by atoms with Crippen LogP contribution in [0.2, 0.25) is 0 Å². The Bertz CT molecular complexity index is 483. The molecule has 0 spiro atoms. The number of hydrogen-bond acceptors (Lipinski definition) is 0. The van der Waals surface area contributed by atoms with E-state index < -0.39 is 0 Å². The van der Waals surface area contributed by atoms with Gasteiger partial charge in [0.05, 0.1) is 0 Å². The molecule has 0 fully saturated rings. The van der Waals surface area contributed by atoms with Gasteiger partial charge in [0.2, 0.25) is 0 Å². The summed E-state index contributed by atoms with van der Waals surface area (Å²) >= 11 is 0. The fourth-order valence-electron chi connectivity index (χ4n) is 3.77. The molecule has 2 aromatic rings. The van der Waals surface area contributed by atoms with Gasteiger partial charge in [-0.3, -0.25) is 0 Å². The zero-order chi connectivity index (χ0) is 17.6. The van der Waals surface area contributed by atoms with Crippen molar-refractivity contribution in [1.29, 1.82) is 0 Å². The van der Waals surface area contributed by atoms with Crippen LogP contribution in [0.15, 0.2) is 60.7 Å². The van der Waals surface area contributed by atoms with E-state index in [2.05, 4.69) is 67.6 Å². The van der Waals surface area contributed by atoms with Gasteiger partial charge in [-0.25, -0.2) is 0 Å². The molecule has 136 valence electrons. The van der Waals surface area contributed by atoms with E-state index >= 15 is 0 Å². The van der Waals surface area contributed by atoms with Crippen LogP contribution in [0.5, 0.6) is 0 Å². The third kappa shape index (κ3) is 8.91. The van der Waals surface area contributed by atoms with Gasteiger partial charge in [0, 0.05) is 0 Å². The fraction of sp³-hybridized carbons (Fsp3) is 0.520. The van der Waals surface area contributed by atoms with E-state index in [-0.39, 0.29) is 0 Å². The average molecular weight is 337 g/mol. The van der Waals surface area contributed by atoms with Crippen LogP contribution in [0.3, 0.4) is 0 Å². The Morgan fingerprint density at radius 2 is 1.04 bits per heavy atom. The molecule has 0 heteroatoms. The van der Waals surface area contributed by atoms with Crippen LogP contribution in [0.4, 0.5) is 0 Å². The maximum Gasteiger partial charge on any atom is -0.0279 e. The standard InChI is InChI=1S/C25H36/c1-2-3-4-7-14-25(21-12-19-23-15-8-5-9-16-23)22-13-20-24-17-10-6-11-18-24/h5-6,8-11,15-18,25H,2-4,7,12-14,19-22H2,1H3. The summed E-state index contributed by atoms with van der Waals surface area (Å²) in [5, 5.41) is 0. The summed E-state index contributed by atoms with van der Waals surface area (Å²) in [6.07, 6.45) is 15.0. The second-order valence-corrected chi connectivity index (χ2v) is 7.47. The molecule has 0 radical (unpaired) electrons. The first-order chi connectivity index (χ1) is 12.4. The van der Waals surface area contributed by atoms with Gasteiger partial charge in [0.15, 0.2) is 0 Å². The van der Waals surface area contributed by atoms with E-state index in [1.807, 2.05) is 0 Å². The van der Waals surface area contributed by atoms with Crippen LogP contribution in [-0.2, 0) is 12.8 Å². The largest absolute Gasteiger partial charge is 0.0654 e. The first-order valence-electron chi connectivity index (χ1n) is 10.5. The third-order valence-corrected chi connectivity index (χ3v) is 5.31. The molecule has 0 aromatic heterocycles. The highest BCUT2D eigenvalue weighted by molar-refractivity contribution is 5.15. The molecule has 0 saturated carbocycles. The predicted octanol–water partition coefficient (Wildman–Crippen LogP) is 7.62. The van der Waals surface area contributed by atoms with Crippen molar-refractivity contribution in [3.63, 3.8) is 0 Å². The van der Waals surface area contributed by atoms with E-state index in [9.17, 15) is 0 Å².